The van der Waals surface area contributed by atoms with Crippen molar-refractivity contribution in [1.82, 2.24) is 25.4 Å². The van der Waals surface area contributed by atoms with Crippen LogP contribution in [0.2, 0.25) is 5.28 Å². The number of carbonyl (C=O) groups excluding carboxylic acids is 2. The van der Waals surface area contributed by atoms with Crippen LogP contribution in [-0.4, -0.2) is 76.2 Å². The second-order valence-electron chi connectivity index (χ2n) is 9.35. The van der Waals surface area contributed by atoms with Gasteiger partial charge in [0.1, 0.15) is 0 Å². The molecular formula is C22H35ClFN7O3. The molecule has 0 unspecified atom stereocenters. The largest absolute Gasteiger partial charge is 0.350 e. The SMILES string of the molecule is CCN(C)C1(CC)CN(c2nc(Cl)nc(NNC(=O)[C@@H](CC3CCCC3)CN(O)C=O)c2F)C1. The van der Waals surface area contributed by atoms with Crippen molar-refractivity contribution in [3.8, 4) is 0 Å². The van der Waals surface area contributed by atoms with Crippen molar-refractivity contribution in [3.63, 3.8) is 0 Å². The molecule has 2 fully saturated rings. The van der Waals surface area contributed by atoms with Crippen LogP contribution >= 0.6 is 11.6 Å². The van der Waals surface area contributed by atoms with Crippen LogP contribution in [0, 0.1) is 17.7 Å². The molecule has 2 heterocycles. The summed E-state index contributed by atoms with van der Waals surface area (Å²) in [7, 11) is 2.05. The monoisotopic (exact) mass is 499 g/mol. The van der Waals surface area contributed by atoms with E-state index in [4.69, 9.17) is 11.6 Å². The van der Waals surface area contributed by atoms with E-state index >= 15 is 4.39 Å². The minimum Gasteiger partial charge on any atom is -0.350 e. The molecule has 2 aliphatic rings. The highest BCUT2D eigenvalue weighted by Gasteiger charge is 2.46. The number of rotatable bonds is 12. The number of carbonyl (C=O) groups is 2. The molecule has 1 saturated heterocycles. The lowest BCUT2D eigenvalue weighted by Crippen LogP contribution is -2.69. The number of hydrazine groups is 1. The molecule has 1 aliphatic heterocycles. The van der Waals surface area contributed by atoms with Crippen LogP contribution < -0.4 is 15.8 Å². The van der Waals surface area contributed by atoms with E-state index in [1.807, 2.05) is 11.9 Å². The fourth-order valence-electron chi connectivity index (χ4n) is 4.99. The predicted octanol–water partition coefficient (Wildman–Crippen LogP) is 2.68. The molecule has 190 valence electrons. The van der Waals surface area contributed by atoms with E-state index in [0.29, 0.717) is 30.5 Å². The third kappa shape index (κ3) is 5.87. The van der Waals surface area contributed by atoms with Gasteiger partial charge in [0.15, 0.2) is 11.6 Å². The first-order chi connectivity index (χ1) is 16.2. The molecule has 3 rings (SSSR count). The molecule has 0 spiro atoms. The summed E-state index contributed by atoms with van der Waals surface area (Å²) in [5, 5.41) is 9.94. The molecule has 3 N–H and O–H groups in total. The molecule has 0 bridgehead atoms. The first-order valence-corrected chi connectivity index (χ1v) is 12.3. The highest BCUT2D eigenvalue weighted by atomic mass is 35.5. The van der Waals surface area contributed by atoms with Gasteiger partial charge in [-0.3, -0.25) is 30.5 Å². The van der Waals surface area contributed by atoms with Crippen molar-refractivity contribution in [1.29, 1.82) is 0 Å². The summed E-state index contributed by atoms with van der Waals surface area (Å²) in [6.45, 7) is 6.12. The fourth-order valence-corrected chi connectivity index (χ4v) is 5.15. The Balaban J connectivity index is 1.68. The van der Waals surface area contributed by atoms with Gasteiger partial charge >= 0.3 is 0 Å². The van der Waals surface area contributed by atoms with Gasteiger partial charge in [0.2, 0.25) is 23.4 Å². The van der Waals surface area contributed by atoms with Gasteiger partial charge in [-0.15, -0.1) is 0 Å². The highest BCUT2D eigenvalue weighted by molar-refractivity contribution is 6.28. The number of hydrogen-bond acceptors (Lipinski definition) is 8. The predicted molar refractivity (Wildman–Crippen MR) is 127 cm³/mol. The first kappa shape index (κ1) is 26.4. The van der Waals surface area contributed by atoms with Crippen LogP contribution in [0.25, 0.3) is 0 Å². The van der Waals surface area contributed by atoms with Crippen LogP contribution in [0.15, 0.2) is 0 Å². The van der Waals surface area contributed by atoms with Gasteiger partial charge < -0.3 is 4.90 Å². The summed E-state index contributed by atoms with van der Waals surface area (Å²) in [4.78, 5) is 35.7. The van der Waals surface area contributed by atoms with Crippen molar-refractivity contribution in [2.24, 2.45) is 11.8 Å². The number of halogens is 2. The van der Waals surface area contributed by atoms with Crippen molar-refractivity contribution in [2.45, 2.75) is 57.9 Å². The Labute approximate surface area is 204 Å². The molecule has 0 radical (unpaired) electrons. The molecule has 1 aromatic rings. The fraction of sp³-hybridized carbons (Fsp3) is 0.727. The van der Waals surface area contributed by atoms with Gasteiger partial charge in [0, 0.05) is 13.1 Å². The summed E-state index contributed by atoms with van der Waals surface area (Å²) in [5.41, 5.74) is 4.94. The van der Waals surface area contributed by atoms with Crippen LogP contribution in [0.1, 0.15) is 52.4 Å². The molecule has 1 atom stereocenters. The minimum atomic E-state index is -0.711. The summed E-state index contributed by atoms with van der Waals surface area (Å²) < 4.78 is 15.3. The number of hydroxylamine groups is 2. The van der Waals surface area contributed by atoms with E-state index in [0.717, 1.165) is 38.6 Å². The van der Waals surface area contributed by atoms with E-state index in [1.54, 1.807) is 0 Å². The molecule has 10 nitrogen and oxygen atoms in total. The van der Waals surface area contributed by atoms with Crippen molar-refractivity contribution >= 4 is 35.6 Å². The van der Waals surface area contributed by atoms with Crippen LogP contribution in [-0.2, 0) is 9.59 Å². The Kier molecular flexibility index (Phi) is 8.89. The van der Waals surface area contributed by atoms with Crippen LogP contribution in [0.3, 0.4) is 0 Å². The number of anilines is 2. The Morgan fingerprint density at radius 1 is 1.35 bits per heavy atom. The lowest BCUT2D eigenvalue weighted by atomic mass is 9.85. The van der Waals surface area contributed by atoms with Crippen LogP contribution in [0.4, 0.5) is 16.0 Å². The normalized spacial score (nSPS) is 18.5. The maximum absolute atomic E-state index is 15.3. The standard InChI is InChI=1S/C22H35ClFN7O3/c1-4-22(29(3)5-2)12-30(13-22)19-17(24)18(25-21(23)26-19)27-28-20(33)16(11-31(34)14-32)10-15-8-6-7-9-15/h14-16,34H,4-13H2,1-3H3,(H,28,33)(H,25,26,27)/t16-/m0/s1. The topological polar surface area (TPSA) is 114 Å². The lowest BCUT2D eigenvalue weighted by Gasteiger charge is -2.55. The van der Waals surface area contributed by atoms with Crippen molar-refractivity contribution in [2.75, 3.05) is 43.6 Å². The number of nitrogens with one attached hydrogen (secondary N) is 2. The number of aromatic nitrogens is 2. The number of nitrogens with zero attached hydrogens (tertiary/aromatic N) is 5. The molecule has 34 heavy (non-hydrogen) atoms. The minimum absolute atomic E-state index is 0.0529. The highest BCUT2D eigenvalue weighted by Crippen LogP contribution is 2.36. The van der Waals surface area contributed by atoms with E-state index < -0.39 is 17.6 Å². The first-order valence-electron chi connectivity index (χ1n) is 11.9. The zero-order chi connectivity index (χ0) is 24.9. The van der Waals surface area contributed by atoms with E-state index in [2.05, 4.69) is 39.6 Å². The Hall–Kier alpha value is -2.24. The van der Waals surface area contributed by atoms with Crippen LogP contribution in [0.5, 0.6) is 0 Å². The van der Waals surface area contributed by atoms with Gasteiger partial charge in [-0.1, -0.05) is 39.5 Å². The van der Waals surface area contributed by atoms with Gasteiger partial charge in [-0.05, 0) is 44.0 Å². The summed E-state index contributed by atoms with van der Waals surface area (Å²) in [6.07, 6.45) is 5.92. The van der Waals surface area contributed by atoms with Crippen molar-refractivity contribution < 1.29 is 19.2 Å². The number of likely N-dealkylation sites (N-methyl/N-ethyl adjacent to an activating group) is 1. The number of hydrogen-bond donors (Lipinski definition) is 3. The average molecular weight is 500 g/mol. The van der Waals surface area contributed by atoms with E-state index in [1.165, 1.54) is 0 Å². The lowest BCUT2D eigenvalue weighted by molar-refractivity contribution is -0.154. The quantitative estimate of drug-likeness (QED) is 0.174. The average Bonchev–Trinajstić information content (AvgIpc) is 3.31. The van der Waals surface area contributed by atoms with Crippen molar-refractivity contribution in [3.05, 3.63) is 11.1 Å². The summed E-state index contributed by atoms with van der Waals surface area (Å²) in [6, 6.07) is 0. The van der Waals surface area contributed by atoms with Gasteiger partial charge in [-0.25, -0.2) is 5.06 Å². The van der Waals surface area contributed by atoms with E-state index in [9.17, 15) is 14.8 Å². The Morgan fingerprint density at radius 3 is 2.62 bits per heavy atom. The molecule has 12 heteroatoms. The maximum atomic E-state index is 15.3. The molecule has 1 aromatic heterocycles. The van der Waals surface area contributed by atoms with E-state index in [-0.39, 0.29) is 35.4 Å². The third-order valence-electron chi connectivity index (χ3n) is 7.32. The molecule has 1 saturated carbocycles. The van der Waals surface area contributed by atoms with Gasteiger partial charge in [0.05, 0.1) is 18.0 Å². The molecular weight excluding hydrogens is 465 g/mol. The van der Waals surface area contributed by atoms with Gasteiger partial charge in [-0.2, -0.15) is 14.4 Å². The molecule has 1 aliphatic carbocycles. The second-order valence-corrected chi connectivity index (χ2v) is 9.69. The Morgan fingerprint density at radius 2 is 2.03 bits per heavy atom. The zero-order valence-corrected chi connectivity index (χ0v) is 20.8. The summed E-state index contributed by atoms with van der Waals surface area (Å²) in [5.74, 6) is -1.65. The Bertz CT molecular complexity index is 865. The third-order valence-corrected chi connectivity index (χ3v) is 7.48. The second kappa shape index (κ2) is 11.5. The smallest absolute Gasteiger partial charge is 0.243 e. The zero-order valence-electron chi connectivity index (χ0n) is 20.1. The number of amides is 2. The molecule has 2 amide bonds. The van der Waals surface area contributed by atoms with Gasteiger partial charge in [0.25, 0.3) is 0 Å². The maximum Gasteiger partial charge on any atom is 0.243 e. The molecule has 0 aromatic carbocycles. The summed E-state index contributed by atoms with van der Waals surface area (Å²) >= 11 is 6.06.